The van der Waals surface area contributed by atoms with E-state index >= 15 is 0 Å². The second-order valence-corrected chi connectivity index (χ2v) is 4.60. The van der Waals surface area contributed by atoms with E-state index in [2.05, 4.69) is 24.4 Å². The summed E-state index contributed by atoms with van der Waals surface area (Å²) in [5.74, 6) is 2.47. The van der Waals surface area contributed by atoms with E-state index < -0.39 is 0 Å². The Morgan fingerprint density at radius 2 is 2.00 bits per heavy atom. The Bertz CT molecular complexity index is 392. The standard InChI is InChI=1S/C13H17NO2/c1-9-4-5-14-13(9)10-2-3-11-12(8-10)16-7-6-15-11/h2-3,8-9,13-14H,4-7H2,1H3. The van der Waals surface area contributed by atoms with Gasteiger partial charge in [0.1, 0.15) is 13.2 Å². The minimum absolute atomic E-state index is 0.468. The highest BCUT2D eigenvalue weighted by Gasteiger charge is 2.25. The normalized spacial score (nSPS) is 28.1. The molecule has 0 bridgehead atoms. The Kier molecular flexibility index (Phi) is 2.48. The molecule has 0 radical (unpaired) electrons. The van der Waals surface area contributed by atoms with Crippen LogP contribution in [0, 0.1) is 5.92 Å². The van der Waals surface area contributed by atoms with Gasteiger partial charge in [-0.15, -0.1) is 0 Å². The van der Waals surface area contributed by atoms with Crippen LogP contribution in [0.4, 0.5) is 0 Å². The van der Waals surface area contributed by atoms with Crippen molar-refractivity contribution in [3.63, 3.8) is 0 Å². The summed E-state index contributed by atoms with van der Waals surface area (Å²) in [4.78, 5) is 0. The summed E-state index contributed by atoms with van der Waals surface area (Å²) < 4.78 is 11.1. The number of ether oxygens (including phenoxy) is 2. The lowest BCUT2D eigenvalue weighted by molar-refractivity contribution is 0.171. The molecule has 2 aliphatic heterocycles. The van der Waals surface area contributed by atoms with Gasteiger partial charge < -0.3 is 14.8 Å². The van der Waals surface area contributed by atoms with Crippen molar-refractivity contribution in [3.05, 3.63) is 23.8 Å². The summed E-state index contributed by atoms with van der Waals surface area (Å²) >= 11 is 0. The third-order valence-corrected chi connectivity index (χ3v) is 3.46. The monoisotopic (exact) mass is 219 g/mol. The van der Waals surface area contributed by atoms with Crippen molar-refractivity contribution in [3.8, 4) is 11.5 Å². The van der Waals surface area contributed by atoms with Gasteiger partial charge in [0.2, 0.25) is 0 Å². The minimum Gasteiger partial charge on any atom is -0.486 e. The van der Waals surface area contributed by atoms with Gasteiger partial charge in [-0.05, 0) is 36.6 Å². The molecule has 2 unspecified atom stereocenters. The maximum Gasteiger partial charge on any atom is 0.161 e. The van der Waals surface area contributed by atoms with Crippen LogP contribution >= 0.6 is 0 Å². The Morgan fingerprint density at radius 1 is 1.19 bits per heavy atom. The van der Waals surface area contributed by atoms with Crippen LogP contribution in [0.15, 0.2) is 18.2 Å². The SMILES string of the molecule is CC1CCNC1c1ccc2c(c1)OCCO2. The fraction of sp³-hybridized carbons (Fsp3) is 0.538. The molecule has 1 N–H and O–H groups in total. The highest BCUT2D eigenvalue weighted by Crippen LogP contribution is 2.36. The Morgan fingerprint density at radius 3 is 2.75 bits per heavy atom. The Balaban J connectivity index is 1.90. The maximum absolute atomic E-state index is 5.61. The summed E-state index contributed by atoms with van der Waals surface area (Å²) in [6, 6.07) is 6.76. The van der Waals surface area contributed by atoms with Gasteiger partial charge in [0, 0.05) is 6.04 Å². The lowest BCUT2D eigenvalue weighted by Gasteiger charge is -2.22. The van der Waals surface area contributed by atoms with Gasteiger partial charge in [-0.3, -0.25) is 0 Å². The number of benzene rings is 1. The van der Waals surface area contributed by atoms with Crippen molar-refractivity contribution in [2.45, 2.75) is 19.4 Å². The molecule has 1 fully saturated rings. The van der Waals surface area contributed by atoms with Crippen molar-refractivity contribution >= 4 is 0 Å². The zero-order valence-electron chi connectivity index (χ0n) is 9.53. The molecule has 0 aromatic heterocycles. The van der Waals surface area contributed by atoms with E-state index in [1.807, 2.05) is 6.07 Å². The van der Waals surface area contributed by atoms with Crippen molar-refractivity contribution in [1.29, 1.82) is 0 Å². The first kappa shape index (κ1) is 9.97. The van der Waals surface area contributed by atoms with Gasteiger partial charge in [0.15, 0.2) is 11.5 Å². The molecule has 2 atom stereocenters. The first-order valence-corrected chi connectivity index (χ1v) is 5.97. The first-order chi connectivity index (χ1) is 7.84. The highest BCUT2D eigenvalue weighted by atomic mass is 16.6. The quantitative estimate of drug-likeness (QED) is 0.785. The molecule has 0 amide bonds. The molecule has 0 spiro atoms. The Labute approximate surface area is 95.8 Å². The molecule has 0 saturated carbocycles. The number of hydrogen-bond donors (Lipinski definition) is 1. The molecule has 3 nitrogen and oxygen atoms in total. The predicted octanol–water partition coefficient (Wildman–Crippen LogP) is 2.13. The lowest BCUT2D eigenvalue weighted by atomic mass is 9.96. The average molecular weight is 219 g/mol. The van der Waals surface area contributed by atoms with Gasteiger partial charge in [-0.25, -0.2) is 0 Å². The van der Waals surface area contributed by atoms with Crippen molar-refractivity contribution in [2.75, 3.05) is 19.8 Å². The van der Waals surface area contributed by atoms with Crippen LogP contribution in [0.25, 0.3) is 0 Å². The number of nitrogens with one attached hydrogen (secondary N) is 1. The highest BCUT2D eigenvalue weighted by molar-refractivity contribution is 5.44. The molecule has 1 aromatic carbocycles. The molecule has 3 heteroatoms. The smallest absolute Gasteiger partial charge is 0.161 e. The van der Waals surface area contributed by atoms with Gasteiger partial charge in [-0.2, -0.15) is 0 Å². The van der Waals surface area contributed by atoms with Crippen molar-refractivity contribution in [1.82, 2.24) is 5.32 Å². The van der Waals surface area contributed by atoms with Crippen molar-refractivity contribution in [2.24, 2.45) is 5.92 Å². The summed E-state index contributed by atoms with van der Waals surface area (Å²) in [6.45, 7) is 4.72. The number of fused-ring (bicyclic) bond motifs is 1. The van der Waals surface area contributed by atoms with E-state index in [9.17, 15) is 0 Å². The van der Waals surface area contributed by atoms with Crippen LogP contribution in [-0.4, -0.2) is 19.8 Å². The molecule has 86 valence electrons. The van der Waals surface area contributed by atoms with Crippen LogP contribution in [0.2, 0.25) is 0 Å². The molecule has 0 aliphatic carbocycles. The topological polar surface area (TPSA) is 30.5 Å². The molecule has 16 heavy (non-hydrogen) atoms. The van der Waals surface area contributed by atoms with E-state index in [0.29, 0.717) is 25.2 Å². The molecule has 1 aromatic rings. The van der Waals surface area contributed by atoms with Crippen LogP contribution in [0.1, 0.15) is 24.9 Å². The number of rotatable bonds is 1. The minimum atomic E-state index is 0.468. The van der Waals surface area contributed by atoms with E-state index in [0.717, 1.165) is 18.0 Å². The second kappa shape index (κ2) is 3.98. The summed E-state index contributed by atoms with van der Waals surface area (Å²) in [6.07, 6.45) is 1.25. The lowest BCUT2D eigenvalue weighted by Crippen LogP contribution is -2.18. The maximum atomic E-state index is 5.61. The largest absolute Gasteiger partial charge is 0.486 e. The van der Waals surface area contributed by atoms with Gasteiger partial charge in [0.25, 0.3) is 0 Å². The van der Waals surface area contributed by atoms with Crippen molar-refractivity contribution < 1.29 is 9.47 Å². The van der Waals surface area contributed by atoms with E-state index in [1.54, 1.807) is 0 Å². The zero-order chi connectivity index (χ0) is 11.0. The van der Waals surface area contributed by atoms with Gasteiger partial charge in [-0.1, -0.05) is 13.0 Å². The van der Waals surface area contributed by atoms with Crippen LogP contribution in [0.3, 0.4) is 0 Å². The number of hydrogen-bond acceptors (Lipinski definition) is 3. The molecule has 3 rings (SSSR count). The predicted molar refractivity (Wildman–Crippen MR) is 62.0 cm³/mol. The molecule has 2 aliphatic rings. The van der Waals surface area contributed by atoms with E-state index in [-0.39, 0.29) is 0 Å². The second-order valence-electron chi connectivity index (χ2n) is 4.60. The van der Waals surface area contributed by atoms with Gasteiger partial charge in [0.05, 0.1) is 0 Å². The zero-order valence-corrected chi connectivity index (χ0v) is 9.53. The molecular formula is C13H17NO2. The van der Waals surface area contributed by atoms with E-state index in [4.69, 9.17) is 9.47 Å². The summed E-state index contributed by atoms with van der Waals surface area (Å²) in [5.41, 5.74) is 1.31. The summed E-state index contributed by atoms with van der Waals surface area (Å²) in [7, 11) is 0. The van der Waals surface area contributed by atoms with Crippen LogP contribution in [-0.2, 0) is 0 Å². The molecular weight excluding hydrogens is 202 g/mol. The average Bonchev–Trinajstić information content (AvgIpc) is 2.75. The molecule has 2 heterocycles. The molecule has 1 saturated heterocycles. The van der Waals surface area contributed by atoms with Crippen LogP contribution < -0.4 is 14.8 Å². The van der Waals surface area contributed by atoms with Gasteiger partial charge >= 0.3 is 0 Å². The van der Waals surface area contributed by atoms with Crippen LogP contribution in [0.5, 0.6) is 11.5 Å². The fourth-order valence-corrected chi connectivity index (χ4v) is 2.53. The fourth-order valence-electron chi connectivity index (χ4n) is 2.53. The third-order valence-electron chi connectivity index (χ3n) is 3.46. The van der Waals surface area contributed by atoms with E-state index in [1.165, 1.54) is 12.0 Å². The summed E-state index contributed by atoms with van der Waals surface area (Å²) in [5, 5.41) is 3.53. The Hall–Kier alpha value is -1.22. The first-order valence-electron chi connectivity index (χ1n) is 5.97. The third kappa shape index (κ3) is 1.65.